The number of fused-ring (bicyclic) bond motifs is 1. The molecule has 0 radical (unpaired) electrons. The van der Waals surface area contributed by atoms with Crippen LogP contribution >= 0.6 is 0 Å². The zero-order valence-electron chi connectivity index (χ0n) is 13.3. The number of hydrogen-bond donors (Lipinski definition) is 2. The van der Waals surface area contributed by atoms with Crippen molar-refractivity contribution in [3.63, 3.8) is 0 Å². The predicted molar refractivity (Wildman–Crippen MR) is 90.5 cm³/mol. The highest BCUT2D eigenvalue weighted by molar-refractivity contribution is 5.92. The number of rotatable bonds is 3. The van der Waals surface area contributed by atoms with E-state index < -0.39 is 11.3 Å². The van der Waals surface area contributed by atoms with Crippen LogP contribution in [0.15, 0.2) is 42.5 Å². The fourth-order valence-electron chi connectivity index (χ4n) is 3.28. The first-order valence-electron chi connectivity index (χ1n) is 8.12. The highest BCUT2D eigenvalue weighted by Crippen LogP contribution is 2.37. The van der Waals surface area contributed by atoms with Crippen LogP contribution in [0.2, 0.25) is 0 Å². The third-order valence-corrected chi connectivity index (χ3v) is 4.65. The largest absolute Gasteiger partial charge is 0.273 e. The Hall–Kier alpha value is -2.87. The van der Waals surface area contributed by atoms with Crippen molar-refractivity contribution in [2.75, 3.05) is 0 Å². The summed E-state index contributed by atoms with van der Waals surface area (Å²) < 4.78 is 0. The van der Waals surface area contributed by atoms with E-state index in [9.17, 15) is 14.9 Å². The normalized spacial score (nSPS) is 15.6. The molecule has 0 aromatic heterocycles. The Morgan fingerprint density at radius 3 is 2.50 bits per heavy atom. The second kappa shape index (κ2) is 6.71. The molecule has 2 N–H and O–H groups in total. The van der Waals surface area contributed by atoms with Gasteiger partial charge in [0.05, 0.1) is 12.5 Å². The summed E-state index contributed by atoms with van der Waals surface area (Å²) in [6.07, 6.45) is 3.00. The van der Waals surface area contributed by atoms with Crippen LogP contribution in [0.25, 0.3) is 10.8 Å². The van der Waals surface area contributed by atoms with Crippen molar-refractivity contribution in [1.29, 1.82) is 5.26 Å². The van der Waals surface area contributed by atoms with Crippen molar-refractivity contribution in [3.05, 3.63) is 48.0 Å². The van der Waals surface area contributed by atoms with E-state index in [-0.39, 0.29) is 12.3 Å². The lowest BCUT2D eigenvalue weighted by atomic mass is 9.87. The zero-order chi connectivity index (χ0) is 17.0. The summed E-state index contributed by atoms with van der Waals surface area (Å²) in [6, 6.07) is 15.8. The van der Waals surface area contributed by atoms with E-state index in [1.807, 2.05) is 42.5 Å². The van der Waals surface area contributed by atoms with Gasteiger partial charge in [-0.15, -0.1) is 0 Å². The average Bonchev–Trinajstić information content (AvgIpc) is 3.10. The van der Waals surface area contributed by atoms with Crippen molar-refractivity contribution < 1.29 is 9.59 Å². The molecule has 2 aromatic carbocycles. The van der Waals surface area contributed by atoms with Crippen LogP contribution in [0.1, 0.15) is 31.2 Å². The van der Waals surface area contributed by atoms with Gasteiger partial charge in [0.15, 0.2) is 0 Å². The van der Waals surface area contributed by atoms with E-state index in [2.05, 4.69) is 16.9 Å². The number of nitriles is 1. The van der Waals surface area contributed by atoms with Crippen LogP contribution in [-0.4, -0.2) is 11.8 Å². The van der Waals surface area contributed by atoms with Gasteiger partial charge in [-0.05, 0) is 29.2 Å². The van der Waals surface area contributed by atoms with E-state index >= 15 is 0 Å². The van der Waals surface area contributed by atoms with E-state index in [0.717, 1.165) is 29.2 Å². The Morgan fingerprint density at radius 1 is 1.04 bits per heavy atom. The molecule has 1 aliphatic carbocycles. The molecule has 1 fully saturated rings. The second-order valence-corrected chi connectivity index (χ2v) is 6.22. The first kappa shape index (κ1) is 16.0. The number of carbonyl (C=O) groups excluding carboxylic acids is 2. The molecule has 0 unspecified atom stereocenters. The topological polar surface area (TPSA) is 82.0 Å². The number of hydrogen-bond acceptors (Lipinski definition) is 3. The summed E-state index contributed by atoms with van der Waals surface area (Å²) in [5, 5.41) is 11.4. The van der Waals surface area contributed by atoms with E-state index in [0.29, 0.717) is 12.8 Å². The van der Waals surface area contributed by atoms with Crippen LogP contribution in [0.4, 0.5) is 0 Å². The lowest BCUT2D eigenvalue weighted by molar-refractivity contribution is -0.133. The van der Waals surface area contributed by atoms with E-state index in [4.69, 9.17) is 0 Å². The van der Waals surface area contributed by atoms with E-state index in [1.165, 1.54) is 0 Å². The molecule has 1 aliphatic rings. The molecule has 0 bridgehead atoms. The summed E-state index contributed by atoms with van der Waals surface area (Å²) in [6.45, 7) is 0. The Labute approximate surface area is 140 Å². The van der Waals surface area contributed by atoms with Gasteiger partial charge in [-0.3, -0.25) is 20.4 Å². The summed E-state index contributed by atoms with van der Waals surface area (Å²) in [5.74, 6) is -0.709. The molecular formula is C19H19N3O2. The lowest BCUT2D eigenvalue weighted by Crippen LogP contribution is -2.48. The SMILES string of the molecule is N#CC1(C(=O)NNC(=O)Cc2cccc3ccccc23)CCCC1. The van der Waals surface area contributed by atoms with Gasteiger partial charge in [-0.1, -0.05) is 55.3 Å². The van der Waals surface area contributed by atoms with Gasteiger partial charge in [-0.2, -0.15) is 5.26 Å². The highest BCUT2D eigenvalue weighted by Gasteiger charge is 2.41. The molecule has 0 atom stereocenters. The number of benzene rings is 2. The van der Waals surface area contributed by atoms with Crippen molar-refractivity contribution in [1.82, 2.24) is 10.9 Å². The molecule has 0 saturated heterocycles. The van der Waals surface area contributed by atoms with Gasteiger partial charge < -0.3 is 0 Å². The van der Waals surface area contributed by atoms with Gasteiger partial charge in [-0.25, -0.2) is 0 Å². The summed E-state index contributed by atoms with van der Waals surface area (Å²) in [5.41, 5.74) is 4.77. The molecule has 5 heteroatoms. The lowest BCUT2D eigenvalue weighted by Gasteiger charge is -2.19. The average molecular weight is 321 g/mol. The van der Waals surface area contributed by atoms with Crippen molar-refractivity contribution >= 4 is 22.6 Å². The molecule has 5 nitrogen and oxygen atoms in total. The Kier molecular flexibility index (Phi) is 4.48. The molecule has 122 valence electrons. The molecule has 3 rings (SSSR count). The van der Waals surface area contributed by atoms with Gasteiger partial charge in [0.2, 0.25) is 5.91 Å². The molecule has 0 spiro atoms. The maximum absolute atomic E-state index is 12.2. The minimum absolute atomic E-state index is 0.168. The highest BCUT2D eigenvalue weighted by atomic mass is 16.2. The monoisotopic (exact) mass is 321 g/mol. The van der Waals surface area contributed by atoms with Gasteiger partial charge >= 0.3 is 0 Å². The number of nitrogens with zero attached hydrogens (tertiary/aromatic N) is 1. The predicted octanol–water partition coefficient (Wildman–Crippen LogP) is 2.61. The van der Waals surface area contributed by atoms with Gasteiger partial charge in [0.25, 0.3) is 5.91 Å². The smallest absolute Gasteiger partial charge is 0.258 e. The fraction of sp³-hybridized carbons (Fsp3) is 0.316. The van der Waals surface area contributed by atoms with Crippen LogP contribution in [0.3, 0.4) is 0 Å². The molecule has 0 aliphatic heterocycles. The molecule has 24 heavy (non-hydrogen) atoms. The minimum Gasteiger partial charge on any atom is -0.273 e. The third kappa shape index (κ3) is 3.09. The third-order valence-electron chi connectivity index (χ3n) is 4.65. The van der Waals surface area contributed by atoms with Gasteiger partial charge in [0.1, 0.15) is 5.41 Å². The quantitative estimate of drug-likeness (QED) is 0.853. The van der Waals surface area contributed by atoms with Crippen LogP contribution in [-0.2, 0) is 16.0 Å². The van der Waals surface area contributed by atoms with Crippen LogP contribution in [0, 0.1) is 16.7 Å². The first-order chi connectivity index (χ1) is 11.6. The second-order valence-electron chi connectivity index (χ2n) is 6.22. The van der Waals surface area contributed by atoms with Crippen LogP contribution in [0.5, 0.6) is 0 Å². The number of carbonyl (C=O) groups is 2. The first-order valence-corrected chi connectivity index (χ1v) is 8.12. The maximum atomic E-state index is 12.2. The fourth-order valence-corrected chi connectivity index (χ4v) is 3.28. The van der Waals surface area contributed by atoms with Crippen molar-refractivity contribution in [2.45, 2.75) is 32.1 Å². The summed E-state index contributed by atoms with van der Waals surface area (Å²) in [4.78, 5) is 24.4. The van der Waals surface area contributed by atoms with Crippen molar-refractivity contribution in [3.8, 4) is 6.07 Å². The maximum Gasteiger partial charge on any atom is 0.258 e. The Bertz CT molecular complexity index is 811. The molecule has 2 aromatic rings. The molecular weight excluding hydrogens is 302 g/mol. The van der Waals surface area contributed by atoms with E-state index in [1.54, 1.807) is 0 Å². The van der Waals surface area contributed by atoms with Gasteiger partial charge in [0, 0.05) is 0 Å². The standard InChI is InChI=1S/C19H19N3O2/c20-13-19(10-3-4-11-19)18(24)22-21-17(23)12-15-8-5-7-14-6-1-2-9-16(14)15/h1-2,5-9H,3-4,10-12H2,(H,21,23)(H,22,24). The zero-order valence-corrected chi connectivity index (χ0v) is 13.3. The molecule has 1 saturated carbocycles. The minimum atomic E-state index is -0.993. The Balaban J connectivity index is 1.64. The number of amides is 2. The summed E-state index contributed by atoms with van der Waals surface area (Å²) >= 11 is 0. The van der Waals surface area contributed by atoms with Crippen molar-refractivity contribution in [2.24, 2.45) is 5.41 Å². The molecule has 2 amide bonds. The molecule has 0 heterocycles. The Morgan fingerprint density at radius 2 is 1.75 bits per heavy atom. The number of hydrazine groups is 1. The summed E-state index contributed by atoms with van der Waals surface area (Å²) in [7, 11) is 0. The number of nitrogens with one attached hydrogen (secondary N) is 2. The van der Waals surface area contributed by atoms with Crippen LogP contribution < -0.4 is 10.9 Å².